The third-order valence-corrected chi connectivity index (χ3v) is 7.19. The highest BCUT2D eigenvalue weighted by molar-refractivity contribution is 5.96. The van der Waals surface area contributed by atoms with Gasteiger partial charge in [0.25, 0.3) is 5.91 Å². The fraction of sp³-hybridized carbons (Fsp3) is 0.310. The number of pyridine rings is 1. The molecular weight excluding hydrogens is 571 g/mol. The maximum atomic E-state index is 14.8. The van der Waals surface area contributed by atoms with Gasteiger partial charge in [0.1, 0.15) is 17.3 Å². The number of carbonyl (C=O) groups excluding carboxylic acids is 1. The Morgan fingerprint density at radius 3 is 2.63 bits per heavy atom. The van der Waals surface area contributed by atoms with Crippen LogP contribution in [0.15, 0.2) is 48.7 Å². The molecule has 0 saturated heterocycles. The largest absolute Gasteiger partial charge is 0.433 e. The minimum Gasteiger partial charge on any atom is -0.345 e. The Balaban J connectivity index is 1.05. The van der Waals surface area contributed by atoms with Crippen LogP contribution in [-0.4, -0.2) is 41.1 Å². The Bertz CT molecular complexity index is 1790. The van der Waals surface area contributed by atoms with Gasteiger partial charge in [-0.3, -0.25) is 9.48 Å². The number of nitrogens with one attached hydrogen (secondary N) is 2. The van der Waals surface area contributed by atoms with E-state index in [9.17, 15) is 26.7 Å². The molecule has 0 radical (unpaired) electrons. The van der Waals surface area contributed by atoms with Crippen LogP contribution in [0.1, 0.15) is 64.9 Å². The fourth-order valence-corrected chi connectivity index (χ4v) is 4.92. The lowest BCUT2D eigenvalue weighted by Crippen LogP contribution is -2.24. The number of rotatable bonds is 10. The molecule has 0 bridgehead atoms. The highest BCUT2D eigenvalue weighted by Gasteiger charge is 2.33. The van der Waals surface area contributed by atoms with Crippen LogP contribution in [0.2, 0.25) is 0 Å². The zero-order valence-electron chi connectivity index (χ0n) is 22.6. The number of halogens is 5. The summed E-state index contributed by atoms with van der Waals surface area (Å²) in [5.74, 6) is -1.57. The van der Waals surface area contributed by atoms with Crippen molar-refractivity contribution < 1.29 is 26.7 Å². The standard InChI is InChI=1S/C29H25F5N8O/c30-17-9-10-20(22(31)12-17)25-21-13-18(38-40-27(21)37-26(25)16-7-8-16)4-1-2-11-42-15-23(39-41-42)28(43)35-14-19-5-3-6-24(36-19)29(32,33)34/h3,5-6,9-10,12-13,15-16H,1-2,4,7-8,11,14H2,(H,35,43)(H,37,40). The highest BCUT2D eigenvalue weighted by Crippen LogP contribution is 2.47. The summed E-state index contributed by atoms with van der Waals surface area (Å²) in [6, 6.07) is 8.94. The molecule has 9 nitrogen and oxygen atoms in total. The fourth-order valence-electron chi connectivity index (χ4n) is 4.92. The van der Waals surface area contributed by atoms with Crippen LogP contribution in [-0.2, 0) is 25.7 Å². The molecule has 5 aromatic rings. The van der Waals surface area contributed by atoms with E-state index in [2.05, 4.69) is 35.8 Å². The summed E-state index contributed by atoms with van der Waals surface area (Å²) in [5.41, 5.74) is 2.26. The second-order valence-corrected chi connectivity index (χ2v) is 10.4. The smallest absolute Gasteiger partial charge is 0.345 e. The first-order chi connectivity index (χ1) is 20.7. The molecule has 43 heavy (non-hydrogen) atoms. The number of hydrogen-bond acceptors (Lipinski definition) is 6. The summed E-state index contributed by atoms with van der Waals surface area (Å²) in [4.78, 5) is 19.2. The van der Waals surface area contributed by atoms with E-state index in [1.807, 2.05) is 6.07 Å². The average Bonchev–Trinajstić information content (AvgIpc) is 3.60. The molecule has 0 aliphatic heterocycles. The number of aryl methyl sites for hydroxylation is 2. The lowest BCUT2D eigenvalue weighted by molar-refractivity contribution is -0.141. The van der Waals surface area contributed by atoms with Crippen LogP contribution >= 0.6 is 0 Å². The Morgan fingerprint density at radius 1 is 1.02 bits per heavy atom. The minimum absolute atomic E-state index is 0.0303. The second kappa shape index (κ2) is 11.5. The van der Waals surface area contributed by atoms with Gasteiger partial charge >= 0.3 is 6.18 Å². The maximum absolute atomic E-state index is 14.8. The minimum atomic E-state index is -4.57. The third kappa shape index (κ3) is 6.37. The van der Waals surface area contributed by atoms with E-state index in [1.54, 1.807) is 0 Å². The van der Waals surface area contributed by atoms with Crippen molar-refractivity contribution in [1.29, 1.82) is 0 Å². The lowest BCUT2D eigenvalue weighted by atomic mass is 9.99. The van der Waals surface area contributed by atoms with E-state index in [4.69, 9.17) is 0 Å². The maximum Gasteiger partial charge on any atom is 0.433 e. The molecule has 1 saturated carbocycles. The molecule has 1 aliphatic carbocycles. The van der Waals surface area contributed by atoms with Gasteiger partial charge in [-0.05, 0) is 68.4 Å². The van der Waals surface area contributed by atoms with Crippen LogP contribution in [0.25, 0.3) is 22.2 Å². The molecule has 1 aliphatic rings. The predicted molar refractivity (Wildman–Crippen MR) is 145 cm³/mol. The summed E-state index contributed by atoms with van der Waals surface area (Å²) in [6.07, 6.45) is 0.841. The Kier molecular flexibility index (Phi) is 7.59. The topological polar surface area (TPSA) is 114 Å². The van der Waals surface area contributed by atoms with Crippen molar-refractivity contribution in [3.63, 3.8) is 0 Å². The van der Waals surface area contributed by atoms with Crippen molar-refractivity contribution >= 4 is 16.9 Å². The number of carbonyl (C=O) groups is 1. The second-order valence-electron chi connectivity index (χ2n) is 10.4. The summed E-state index contributed by atoms with van der Waals surface area (Å²) in [7, 11) is 0. The molecule has 0 atom stereocenters. The van der Waals surface area contributed by atoms with Crippen LogP contribution in [0.5, 0.6) is 0 Å². The van der Waals surface area contributed by atoms with Gasteiger partial charge in [-0.15, -0.1) is 10.2 Å². The lowest BCUT2D eigenvalue weighted by Gasteiger charge is -2.08. The van der Waals surface area contributed by atoms with E-state index in [0.29, 0.717) is 42.6 Å². The van der Waals surface area contributed by atoms with Gasteiger partial charge in [0.05, 0.1) is 24.1 Å². The molecule has 1 amide bonds. The van der Waals surface area contributed by atoms with E-state index in [1.165, 1.54) is 35.1 Å². The summed E-state index contributed by atoms with van der Waals surface area (Å²) in [6.45, 7) is 0.271. The number of alkyl halides is 3. The van der Waals surface area contributed by atoms with Gasteiger partial charge < -0.3 is 10.3 Å². The van der Waals surface area contributed by atoms with Crippen LogP contribution < -0.4 is 5.32 Å². The van der Waals surface area contributed by atoms with Gasteiger partial charge in [-0.25, -0.2) is 13.8 Å². The normalized spacial score (nSPS) is 13.5. The summed E-state index contributed by atoms with van der Waals surface area (Å²) >= 11 is 0. The van der Waals surface area contributed by atoms with Crippen LogP contribution in [0.3, 0.4) is 0 Å². The zero-order valence-corrected chi connectivity index (χ0v) is 22.6. The number of H-pyrrole nitrogens is 1. The molecule has 1 fully saturated rings. The van der Waals surface area contributed by atoms with Crippen molar-refractivity contribution in [3.8, 4) is 11.1 Å². The first kappa shape index (κ1) is 28.4. The quantitative estimate of drug-likeness (QED) is 0.157. The Hall–Kier alpha value is -4.75. The van der Waals surface area contributed by atoms with E-state index in [0.717, 1.165) is 41.7 Å². The van der Waals surface area contributed by atoms with Crippen molar-refractivity contribution in [2.75, 3.05) is 0 Å². The first-order valence-electron chi connectivity index (χ1n) is 13.7. The van der Waals surface area contributed by atoms with Gasteiger partial charge in [-0.1, -0.05) is 11.3 Å². The molecule has 0 unspecified atom stereocenters. The SMILES string of the molecule is O=C(NCc1cccc(C(F)(F)F)n1)c1cn(CCCCc2cc3c(-c4ccc(F)cc4F)c(C4CC4)[nH]c3nn2)nn1. The number of aromatic amines is 1. The van der Waals surface area contributed by atoms with E-state index < -0.39 is 29.4 Å². The molecular formula is C29H25F5N8O. The van der Waals surface area contributed by atoms with Gasteiger partial charge in [0, 0.05) is 34.8 Å². The average molecular weight is 597 g/mol. The Morgan fingerprint density at radius 2 is 1.86 bits per heavy atom. The molecule has 4 aromatic heterocycles. The van der Waals surface area contributed by atoms with Gasteiger partial charge in [-0.2, -0.15) is 18.3 Å². The third-order valence-electron chi connectivity index (χ3n) is 7.19. The molecule has 1 aromatic carbocycles. The van der Waals surface area contributed by atoms with Crippen molar-refractivity contribution in [3.05, 3.63) is 88.8 Å². The number of aromatic nitrogens is 7. The van der Waals surface area contributed by atoms with Crippen LogP contribution in [0.4, 0.5) is 22.0 Å². The molecule has 6 rings (SSSR count). The number of amides is 1. The molecule has 222 valence electrons. The monoisotopic (exact) mass is 596 g/mol. The molecule has 0 spiro atoms. The molecule has 2 N–H and O–H groups in total. The zero-order chi connectivity index (χ0) is 30.1. The van der Waals surface area contributed by atoms with E-state index >= 15 is 0 Å². The number of nitrogens with zero attached hydrogens (tertiary/aromatic N) is 6. The Labute approximate surface area is 241 Å². The number of fused-ring (bicyclic) bond motifs is 1. The van der Waals surface area contributed by atoms with Crippen LogP contribution in [0, 0.1) is 11.6 Å². The van der Waals surface area contributed by atoms with E-state index in [-0.39, 0.29) is 23.9 Å². The van der Waals surface area contributed by atoms with Gasteiger partial charge in [0.15, 0.2) is 11.3 Å². The number of unbranched alkanes of at least 4 members (excludes halogenated alkanes) is 1. The summed E-state index contributed by atoms with van der Waals surface area (Å²) < 4.78 is 68.4. The van der Waals surface area contributed by atoms with Crippen molar-refractivity contribution in [1.82, 2.24) is 40.5 Å². The molecule has 14 heteroatoms. The van der Waals surface area contributed by atoms with Gasteiger partial charge in [0.2, 0.25) is 0 Å². The van der Waals surface area contributed by atoms with Crippen molar-refractivity contribution in [2.24, 2.45) is 0 Å². The number of benzene rings is 1. The highest BCUT2D eigenvalue weighted by atomic mass is 19.4. The van der Waals surface area contributed by atoms with Crippen molar-refractivity contribution in [2.45, 2.75) is 57.3 Å². The number of hydrogen-bond donors (Lipinski definition) is 2. The predicted octanol–water partition coefficient (Wildman–Crippen LogP) is 5.74. The first-order valence-corrected chi connectivity index (χ1v) is 13.7. The molecule has 4 heterocycles. The summed E-state index contributed by atoms with van der Waals surface area (Å²) in [5, 5.41) is 19.7.